The van der Waals surface area contributed by atoms with Gasteiger partial charge in [-0.15, -0.1) is 0 Å². The molecule has 3 aromatic heterocycles. The summed E-state index contributed by atoms with van der Waals surface area (Å²) in [4.78, 5) is 8.80. The molecule has 1 aliphatic heterocycles. The molecule has 2 fully saturated rings. The van der Waals surface area contributed by atoms with Gasteiger partial charge in [0.1, 0.15) is 11.6 Å². The molecule has 0 bridgehead atoms. The summed E-state index contributed by atoms with van der Waals surface area (Å²) in [5.41, 5.74) is 8.10. The number of hydrogen-bond donors (Lipinski definition) is 2. The van der Waals surface area contributed by atoms with Crippen LogP contribution in [0.3, 0.4) is 0 Å². The van der Waals surface area contributed by atoms with Gasteiger partial charge in [0.15, 0.2) is 0 Å². The first-order chi connectivity index (χ1) is 20.3. The van der Waals surface area contributed by atoms with E-state index >= 15 is 8.78 Å². The number of benzene rings is 1. The lowest BCUT2D eigenvalue weighted by molar-refractivity contribution is 0.00984. The van der Waals surface area contributed by atoms with Crippen molar-refractivity contribution in [2.45, 2.75) is 56.1 Å². The van der Waals surface area contributed by atoms with Crippen molar-refractivity contribution in [3.05, 3.63) is 71.7 Å². The largest absolute Gasteiger partial charge is 0.381 e. The van der Waals surface area contributed by atoms with Crippen molar-refractivity contribution in [1.29, 1.82) is 5.26 Å². The Bertz CT molecular complexity index is 1610. The van der Waals surface area contributed by atoms with Crippen LogP contribution in [0.15, 0.2) is 48.9 Å². The van der Waals surface area contributed by atoms with Gasteiger partial charge < -0.3 is 20.5 Å². The van der Waals surface area contributed by atoms with Crippen molar-refractivity contribution < 1.29 is 18.3 Å². The van der Waals surface area contributed by atoms with E-state index in [1.807, 2.05) is 6.07 Å². The van der Waals surface area contributed by atoms with Crippen LogP contribution in [0.5, 0.6) is 0 Å². The van der Waals surface area contributed by atoms with E-state index in [-0.39, 0.29) is 35.2 Å². The minimum absolute atomic E-state index is 0.00957. The van der Waals surface area contributed by atoms with E-state index in [1.54, 1.807) is 37.8 Å². The third-order valence-corrected chi connectivity index (χ3v) is 8.80. The molecule has 0 radical (unpaired) electrons. The molecule has 3 N–H and O–H groups in total. The smallest absolute Gasteiger partial charge is 0.229 e. The zero-order valence-corrected chi connectivity index (χ0v) is 23.6. The molecular formula is C31H33F2N7O2. The highest BCUT2D eigenvalue weighted by Gasteiger charge is 2.37. The lowest BCUT2D eigenvalue weighted by Gasteiger charge is -2.38. The number of ether oxygens (including phenoxy) is 2. The quantitative estimate of drug-likeness (QED) is 0.321. The van der Waals surface area contributed by atoms with E-state index in [4.69, 9.17) is 15.2 Å². The molecule has 11 heteroatoms. The summed E-state index contributed by atoms with van der Waals surface area (Å²) >= 11 is 0. The molecule has 1 saturated heterocycles. The first-order valence-corrected chi connectivity index (χ1v) is 14.2. The van der Waals surface area contributed by atoms with Crippen LogP contribution in [0, 0.1) is 28.9 Å². The predicted octanol–water partition coefficient (Wildman–Crippen LogP) is 5.24. The standard InChI is InChI=1S/C31H33F2N7O2/c1-18-11-19(12-25(35)29(18)41-2)22-5-8-36-16-27(22)38-30-37-15-21-3-4-26(39-40(21)30)28-23(32)13-20(14-24(28)33)31(17-34)6-9-42-10-7-31/h3-5,8,13-16,18-19,25,29H,6-7,9-12,35H2,1-2H3,(H,37,38)/t18-,19+,25+,29+/m0/s1. The second kappa shape index (κ2) is 11.4. The number of halogens is 2. The number of hydrogen-bond acceptors (Lipinski definition) is 8. The van der Waals surface area contributed by atoms with Gasteiger partial charge in [-0.05, 0) is 79.0 Å². The van der Waals surface area contributed by atoms with Crippen molar-refractivity contribution in [1.82, 2.24) is 19.6 Å². The van der Waals surface area contributed by atoms with Gasteiger partial charge in [0.25, 0.3) is 0 Å². The molecule has 1 aromatic carbocycles. The van der Waals surface area contributed by atoms with E-state index in [2.05, 4.69) is 33.4 Å². The summed E-state index contributed by atoms with van der Waals surface area (Å²) in [6.45, 7) is 2.88. The second-order valence-electron chi connectivity index (χ2n) is 11.4. The fourth-order valence-corrected chi connectivity index (χ4v) is 6.59. The van der Waals surface area contributed by atoms with E-state index in [0.717, 1.165) is 24.1 Å². The molecule has 0 spiro atoms. The van der Waals surface area contributed by atoms with Crippen LogP contribution >= 0.6 is 0 Å². The summed E-state index contributed by atoms with van der Waals surface area (Å²) < 4.78 is 43.6. The lowest BCUT2D eigenvalue weighted by Crippen LogP contribution is -2.45. The van der Waals surface area contributed by atoms with Gasteiger partial charge in [-0.3, -0.25) is 4.98 Å². The number of aromatic nitrogens is 4. The van der Waals surface area contributed by atoms with Crippen LogP contribution in [0.25, 0.3) is 16.8 Å². The Morgan fingerprint density at radius 1 is 1.14 bits per heavy atom. The van der Waals surface area contributed by atoms with Gasteiger partial charge in [0.2, 0.25) is 5.95 Å². The topological polar surface area (TPSA) is 123 Å². The second-order valence-corrected chi connectivity index (χ2v) is 11.4. The lowest BCUT2D eigenvalue weighted by atomic mass is 9.74. The maximum atomic E-state index is 15.5. The Labute approximate surface area is 242 Å². The molecule has 42 heavy (non-hydrogen) atoms. The number of anilines is 2. The molecule has 4 aromatic rings. The number of nitriles is 1. The maximum Gasteiger partial charge on any atom is 0.229 e. The number of nitrogens with one attached hydrogen (secondary N) is 1. The highest BCUT2D eigenvalue weighted by molar-refractivity contribution is 5.66. The van der Waals surface area contributed by atoms with Gasteiger partial charge in [-0.25, -0.2) is 13.8 Å². The molecule has 6 rings (SSSR count). The number of nitrogens with zero attached hydrogens (tertiary/aromatic N) is 5. The van der Waals surface area contributed by atoms with Crippen molar-refractivity contribution in [3.8, 4) is 17.3 Å². The first kappa shape index (κ1) is 28.2. The fraction of sp³-hybridized carbons (Fsp3) is 0.419. The number of imidazole rings is 1. The molecule has 1 saturated carbocycles. The van der Waals surface area contributed by atoms with Crippen molar-refractivity contribution in [3.63, 3.8) is 0 Å². The molecule has 2 aliphatic rings. The first-order valence-electron chi connectivity index (χ1n) is 14.2. The third-order valence-electron chi connectivity index (χ3n) is 8.80. The molecule has 4 atom stereocenters. The number of methoxy groups -OCH3 is 1. The molecule has 0 unspecified atom stereocenters. The van der Waals surface area contributed by atoms with Crippen LogP contribution in [0.1, 0.15) is 49.7 Å². The van der Waals surface area contributed by atoms with Crippen LogP contribution < -0.4 is 11.1 Å². The zero-order chi connectivity index (χ0) is 29.4. The van der Waals surface area contributed by atoms with Crippen molar-refractivity contribution >= 4 is 17.2 Å². The van der Waals surface area contributed by atoms with E-state index in [0.29, 0.717) is 43.1 Å². The van der Waals surface area contributed by atoms with E-state index in [9.17, 15) is 5.26 Å². The zero-order valence-electron chi connectivity index (χ0n) is 23.6. The van der Waals surface area contributed by atoms with E-state index in [1.165, 1.54) is 16.6 Å². The third kappa shape index (κ3) is 5.00. The van der Waals surface area contributed by atoms with Crippen LogP contribution in [0.2, 0.25) is 0 Å². The van der Waals surface area contributed by atoms with Crippen molar-refractivity contribution in [2.75, 3.05) is 25.6 Å². The van der Waals surface area contributed by atoms with Crippen LogP contribution in [0.4, 0.5) is 20.4 Å². The summed E-state index contributed by atoms with van der Waals surface area (Å²) in [6.07, 6.45) is 7.56. The Balaban J connectivity index is 1.32. The molecule has 218 valence electrons. The predicted molar refractivity (Wildman–Crippen MR) is 153 cm³/mol. The number of pyridine rings is 1. The van der Waals surface area contributed by atoms with Crippen LogP contribution in [-0.4, -0.2) is 52.1 Å². The summed E-state index contributed by atoms with van der Waals surface area (Å²) in [7, 11) is 1.70. The number of rotatable bonds is 6. The molecule has 1 aliphatic carbocycles. The summed E-state index contributed by atoms with van der Waals surface area (Å²) in [6, 6.07) is 9.92. The van der Waals surface area contributed by atoms with Gasteiger partial charge in [0.05, 0.1) is 52.4 Å². The Hall–Kier alpha value is -3.98. The average Bonchev–Trinajstić information content (AvgIpc) is 3.39. The summed E-state index contributed by atoms with van der Waals surface area (Å²) in [5, 5.41) is 17.8. The maximum absolute atomic E-state index is 15.5. The highest BCUT2D eigenvalue weighted by Crippen LogP contribution is 2.40. The van der Waals surface area contributed by atoms with E-state index < -0.39 is 17.0 Å². The highest BCUT2D eigenvalue weighted by atomic mass is 19.1. The van der Waals surface area contributed by atoms with Gasteiger partial charge >= 0.3 is 0 Å². The molecule has 9 nitrogen and oxygen atoms in total. The summed E-state index contributed by atoms with van der Waals surface area (Å²) in [5.74, 6) is -0.701. The number of nitrogens with two attached hydrogens (primary N) is 1. The number of fused-ring (bicyclic) bond motifs is 1. The van der Waals surface area contributed by atoms with Gasteiger partial charge in [-0.1, -0.05) is 6.92 Å². The Kier molecular flexibility index (Phi) is 7.62. The molecular weight excluding hydrogens is 540 g/mol. The SMILES string of the molecule is CO[C@H]1[C@H](N)C[C@H](c2ccncc2Nc2ncc3ccc(-c4c(F)cc(C5(C#N)CCOCC5)cc4F)nn23)C[C@@H]1C. The Morgan fingerprint density at radius 3 is 2.60 bits per heavy atom. The van der Waals surface area contributed by atoms with Crippen molar-refractivity contribution in [2.24, 2.45) is 11.7 Å². The van der Waals surface area contributed by atoms with Gasteiger partial charge in [0, 0.05) is 32.6 Å². The Morgan fingerprint density at radius 2 is 1.90 bits per heavy atom. The van der Waals surface area contributed by atoms with Crippen LogP contribution in [-0.2, 0) is 14.9 Å². The average molecular weight is 574 g/mol. The minimum Gasteiger partial charge on any atom is -0.381 e. The molecule has 0 amide bonds. The van der Waals surface area contributed by atoms with Gasteiger partial charge in [-0.2, -0.15) is 14.9 Å². The molecule has 4 heterocycles. The normalized spacial score (nSPS) is 23.9. The minimum atomic E-state index is -0.983. The fourth-order valence-electron chi connectivity index (χ4n) is 6.59. The monoisotopic (exact) mass is 573 g/mol.